The van der Waals surface area contributed by atoms with Gasteiger partial charge in [0.2, 0.25) is 10.0 Å². The fourth-order valence-corrected chi connectivity index (χ4v) is 4.59. The van der Waals surface area contributed by atoms with Gasteiger partial charge < -0.3 is 10.8 Å². The van der Waals surface area contributed by atoms with E-state index in [4.69, 9.17) is 10.8 Å². The van der Waals surface area contributed by atoms with E-state index in [0.29, 0.717) is 19.5 Å². The van der Waals surface area contributed by atoms with Crippen LogP contribution in [0.3, 0.4) is 0 Å². The van der Waals surface area contributed by atoms with Crippen LogP contribution in [0.1, 0.15) is 19.3 Å². The van der Waals surface area contributed by atoms with Crippen LogP contribution in [0, 0.1) is 5.92 Å². The topological polar surface area (TPSA) is 83.6 Å². The average molecular weight is 363 g/mol. The second-order valence-corrected chi connectivity index (χ2v) is 7.89. The Balaban J connectivity index is 2.25. The number of benzene rings is 1. The number of hydrogen-bond donors (Lipinski definition) is 2. The molecule has 0 radical (unpaired) electrons. The Labute approximate surface area is 128 Å². The van der Waals surface area contributed by atoms with E-state index in [1.165, 1.54) is 10.4 Å². The molecule has 0 saturated carbocycles. The van der Waals surface area contributed by atoms with Crippen LogP contribution in [-0.4, -0.2) is 37.5 Å². The third-order valence-corrected chi connectivity index (χ3v) is 6.04. The van der Waals surface area contributed by atoms with E-state index in [9.17, 15) is 8.42 Å². The number of aliphatic hydroxyl groups excluding tert-OH is 1. The summed E-state index contributed by atoms with van der Waals surface area (Å²) in [7, 11) is -3.55. The number of nitrogens with zero attached hydrogens (tertiary/aromatic N) is 1. The molecule has 0 spiro atoms. The van der Waals surface area contributed by atoms with Gasteiger partial charge in [-0.15, -0.1) is 0 Å². The molecule has 20 heavy (non-hydrogen) atoms. The van der Waals surface area contributed by atoms with Crippen molar-refractivity contribution in [3.05, 3.63) is 22.7 Å². The molecule has 1 atom stereocenters. The van der Waals surface area contributed by atoms with Crippen LogP contribution in [-0.2, 0) is 10.0 Å². The van der Waals surface area contributed by atoms with E-state index in [-0.39, 0.29) is 23.1 Å². The molecular formula is C13H19BrN2O3S. The second kappa shape index (κ2) is 6.43. The summed E-state index contributed by atoms with van der Waals surface area (Å²) >= 11 is 3.27. The molecular weight excluding hydrogens is 344 g/mol. The van der Waals surface area contributed by atoms with Crippen molar-refractivity contribution in [2.75, 3.05) is 25.4 Å². The van der Waals surface area contributed by atoms with Crippen molar-refractivity contribution >= 4 is 31.6 Å². The molecule has 0 amide bonds. The normalized spacial score (nSPS) is 21.0. The Morgan fingerprint density at radius 3 is 2.85 bits per heavy atom. The number of anilines is 1. The van der Waals surface area contributed by atoms with Gasteiger partial charge in [0.1, 0.15) is 4.90 Å². The molecule has 1 unspecified atom stereocenters. The molecule has 7 heteroatoms. The SMILES string of the molecule is Nc1cc(Br)ccc1S(=O)(=O)N1CCCC(CCO)C1. The average Bonchev–Trinajstić information content (AvgIpc) is 2.39. The molecule has 2 rings (SSSR count). The molecule has 1 heterocycles. The largest absolute Gasteiger partial charge is 0.398 e. The van der Waals surface area contributed by atoms with Crippen molar-refractivity contribution in [1.29, 1.82) is 0 Å². The molecule has 0 aliphatic carbocycles. The highest BCUT2D eigenvalue weighted by Gasteiger charge is 2.31. The summed E-state index contributed by atoms with van der Waals surface area (Å²) in [6.45, 7) is 1.07. The molecule has 112 valence electrons. The van der Waals surface area contributed by atoms with E-state index in [0.717, 1.165) is 17.3 Å². The summed E-state index contributed by atoms with van der Waals surface area (Å²) < 4.78 is 27.5. The number of sulfonamides is 1. The molecule has 3 N–H and O–H groups in total. The predicted octanol–water partition coefficient (Wildman–Crippen LogP) is 1.81. The zero-order chi connectivity index (χ0) is 14.8. The molecule has 1 aromatic rings. The van der Waals surface area contributed by atoms with Crippen LogP contribution < -0.4 is 5.73 Å². The Morgan fingerprint density at radius 2 is 2.20 bits per heavy atom. The van der Waals surface area contributed by atoms with Gasteiger partial charge in [0.15, 0.2) is 0 Å². The van der Waals surface area contributed by atoms with Crippen molar-refractivity contribution in [2.45, 2.75) is 24.2 Å². The van der Waals surface area contributed by atoms with E-state index in [2.05, 4.69) is 15.9 Å². The van der Waals surface area contributed by atoms with Crippen molar-refractivity contribution in [3.63, 3.8) is 0 Å². The van der Waals surface area contributed by atoms with E-state index in [1.54, 1.807) is 12.1 Å². The number of piperidine rings is 1. The van der Waals surface area contributed by atoms with Crippen LogP contribution in [0.15, 0.2) is 27.6 Å². The highest BCUT2D eigenvalue weighted by Crippen LogP contribution is 2.29. The van der Waals surface area contributed by atoms with Crippen LogP contribution in [0.5, 0.6) is 0 Å². The Morgan fingerprint density at radius 1 is 1.45 bits per heavy atom. The van der Waals surface area contributed by atoms with E-state index < -0.39 is 10.0 Å². The first-order valence-electron chi connectivity index (χ1n) is 6.61. The zero-order valence-electron chi connectivity index (χ0n) is 11.1. The maximum atomic E-state index is 12.6. The monoisotopic (exact) mass is 362 g/mol. The number of aliphatic hydroxyl groups is 1. The van der Waals surface area contributed by atoms with Gasteiger partial charge in [0.05, 0.1) is 5.69 Å². The number of halogens is 1. The lowest BCUT2D eigenvalue weighted by Crippen LogP contribution is -2.40. The first kappa shape index (κ1) is 15.8. The lowest BCUT2D eigenvalue weighted by molar-refractivity contribution is 0.203. The molecule has 1 saturated heterocycles. The van der Waals surface area contributed by atoms with Crippen LogP contribution in [0.2, 0.25) is 0 Å². The first-order valence-corrected chi connectivity index (χ1v) is 8.84. The Hall–Kier alpha value is -0.630. The minimum atomic E-state index is -3.55. The number of nitrogens with two attached hydrogens (primary N) is 1. The van der Waals surface area contributed by atoms with Gasteiger partial charge in [-0.05, 0) is 43.4 Å². The van der Waals surface area contributed by atoms with E-state index >= 15 is 0 Å². The van der Waals surface area contributed by atoms with Crippen LogP contribution in [0.4, 0.5) is 5.69 Å². The highest BCUT2D eigenvalue weighted by molar-refractivity contribution is 9.10. The fraction of sp³-hybridized carbons (Fsp3) is 0.538. The van der Waals surface area contributed by atoms with Crippen molar-refractivity contribution < 1.29 is 13.5 Å². The molecule has 0 aromatic heterocycles. The first-order chi connectivity index (χ1) is 9.45. The maximum absolute atomic E-state index is 12.6. The molecule has 1 aliphatic rings. The van der Waals surface area contributed by atoms with Gasteiger partial charge >= 0.3 is 0 Å². The highest BCUT2D eigenvalue weighted by atomic mass is 79.9. The van der Waals surface area contributed by atoms with Crippen molar-refractivity contribution in [2.24, 2.45) is 5.92 Å². The zero-order valence-corrected chi connectivity index (χ0v) is 13.5. The summed E-state index contributed by atoms with van der Waals surface area (Å²) in [6.07, 6.45) is 2.42. The Kier molecular flexibility index (Phi) is 5.06. The number of nitrogen functional groups attached to an aromatic ring is 1. The molecule has 0 bridgehead atoms. The molecule has 1 aliphatic heterocycles. The van der Waals surface area contributed by atoms with Crippen molar-refractivity contribution in [3.8, 4) is 0 Å². The third-order valence-electron chi connectivity index (χ3n) is 3.61. The quantitative estimate of drug-likeness (QED) is 0.800. The molecule has 1 fully saturated rings. The lowest BCUT2D eigenvalue weighted by Gasteiger charge is -2.32. The van der Waals surface area contributed by atoms with Gasteiger partial charge in [-0.25, -0.2) is 8.42 Å². The maximum Gasteiger partial charge on any atom is 0.245 e. The summed E-state index contributed by atoms with van der Waals surface area (Å²) in [5.74, 6) is 0.222. The summed E-state index contributed by atoms with van der Waals surface area (Å²) in [5, 5.41) is 9.01. The summed E-state index contributed by atoms with van der Waals surface area (Å²) in [5.41, 5.74) is 6.09. The second-order valence-electron chi connectivity index (χ2n) is 5.07. The summed E-state index contributed by atoms with van der Waals surface area (Å²) in [6, 6.07) is 4.81. The lowest BCUT2D eigenvalue weighted by atomic mass is 9.97. The minimum absolute atomic E-state index is 0.0962. The molecule has 5 nitrogen and oxygen atoms in total. The Bertz CT molecular complexity index is 575. The van der Waals surface area contributed by atoms with Crippen molar-refractivity contribution in [1.82, 2.24) is 4.31 Å². The van der Waals surface area contributed by atoms with Gasteiger partial charge in [0, 0.05) is 24.2 Å². The van der Waals surface area contributed by atoms with E-state index in [1.807, 2.05) is 0 Å². The number of hydrogen-bond acceptors (Lipinski definition) is 4. The fourth-order valence-electron chi connectivity index (χ4n) is 2.56. The minimum Gasteiger partial charge on any atom is -0.398 e. The molecule has 1 aromatic carbocycles. The van der Waals surface area contributed by atoms with Gasteiger partial charge in [-0.2, -0.15) is 4.31 Å². The standard InChI is InChI=1S/C13H19BrN2O3S/c14-11-3-4-13(12(15)8-11)20(18,19)16-6-1-2-10(9-16)5-7-17/h3-4,8,10,17H,1-2,5-7,9,15H2. The summed E-state index contributed by atoms with van der Waals surface area (Å²) in [4.78, 5) is 0.158. The number of rotatable bonds is 4. The smallest absolute Gasteiger partial charge is 0.245 e. The predicted molar refractivity (Wildman–Crippen MR) is 81.7 cm³/mol. The van der Waals surface area contributed by atoms with Crippen LogP contribution >= 0.6 is 15.9 Å². The third kappa shape index (κ3) is 3.33. The van der Waals surface area contributed by atoms with Gasteiger partial charge in [-0.1, -0.05) is 15.9 Å². The van der Waals surface area contributed by atoms with Gasteiger partial charge in [-0.3, -0.25) is 0 Å². The van der Waals surface area contributed by atoms with Gasteiger partial charge in [0.25, 0.3) is 0 Å². The van der Waals surface area contributed by atoms with Crippen LogP contribution in [0.25, 0.3) is 0 Å².